The summed E-state index contributed by atoms with van der Waals surface area (Å²) in [5.41, 5.74) is 5.35. The van der Waals surface area contributed by atoms with Crippen LogP contribution in [-0.2, 0) is 10.0 Å². The molecule has 0 amide bonds. The van der Waals surface area contributed by atoms with Crippen molar-refractivity contribution in [3.05, 3.63) is 46.9 Å². The summed E-state index contributed by atoms with van der Waals surface area (Å²) in [7, 11) is -3.89. The van der Waals surface area contributed by atoms with Crippen LogP contribution < -0.4 is 10.5 Å². The minimum Gasteiger partial charge on any atom is -0.396 e. The maximum Gasteiger partial charge on any atom is 0.263 e. The van der Waals surface area contributed by atoms with Gasteiger partial charge in [0.1, 0.15) is 11.6 Å². The first kappa shape index (κ1) is 14.5. The largest absolute Gasteiger partial charge is 0.396 e. The summed E-state index contributed by atoms with van der Waals surface area (Å²) in [6, 6.07) is 5.17. The van der Waals surface area contributed by atoms with E-state index >= 15 is 0 Å². The van der Waals surface area contributed by atoms with Gasteiger partial charge in [-0.1, -0.05) is 11.6 Å². The molecule has 3 N–H and O–H groups in total. The molecule has 0 bridgehead atoms. The molecule has 0 radical (unpaired) electrons. The molecule has 2 aromatic rings. The highest BCUT2D eigenvalue weighted by Gasteiger charge is 2.18. The zero-order valence-corrected chi connectivity index (χ0v) is 12.0. The van der Waals surface area contributed by atoms with Crippen LogP contribution in [0.3, 0.4) is 0 Å². The molecule has 5 nitrogen and oxygen atoms in total. The molecule has 0 unspecified atom stereocenters. The monoisotopic (exact) mass is 315 g/mol. The van der Waals surface area contributed by atoms with Gasteiger partial charge in [0.2, 0.25) is 0 Å². The summed E-state index contributed by atoms with van der Waals surface area (Å²) in [5, 5.41) is 0.384. The number of sulfonamides is 1. The van der Waals surface area contributed by atoms with Crippen molar-refractivity contribution in [3.63, 3.8) is 0 Å². The molecule has 0 saturated heterocycles. The predicted octanol–water partition coefficient (Wildman–Crippen LogP) is 2.57. The zero-order valence-electron chi connectivity index (χ0n) is 10.4. The van der Waals surface area contributed by atoms with Crippen LogP contribution in [0.2, 0.25) is 5.02 Å². The Morgan fingerprint density at radius 1 is 1.35 bits per heavy atom. The number of nitrogens with two attached hydrogens (primary N) is 1. The van der Waals surface area contributed by atoms with Crippen molar-refractivity contribution < 1.29 is 12.8 Å². The molecule has 0 aliphatic rings. The van der Waals surface area contributed by atoms with E-state index in [9.17, 15) is 12.8 Å². The maximum absolute atomic E-state index is 13.4. The van der Waals surface area contributed by atoms with Gasteiger partial charge in [-0.05, 0) is 36.8 Å². The molecular formula is C12H11ClFN3O2S. The Kier molecular flexibility index (Phi) is 3.82. The van der Waals surface area contributed by atoms with Gasteiger partial charge in [0, 0.05) is 6.20 Å². The zero-order chi connectivity index (χ0) is 14.9. The Balaban J connectivity index is 2.38. The van der Waals surface area contributed by atoms with Crippen LogP contribution in [0.25, 0.3) is 0 Å². The molecule has 1 aromatic carbocycles. The van der Waals surface area contributed by atoms with Crippen molar-refractivity contribution in [2.75, 3.05) is 10.5 Å². The summed E-state index contributed by atoms with van der Waals surface area (Å²) < 4.78 is 39.9. The lowest BCUT2D eigenvalue weighted by Gasteiger charge is -2.09. The van der Waals surface area contributed by atoms with E-state index in [-0.39, 0.29) is 22.0 Å². The average molecular weight is 316 g/mol. The molecule has 0 saturated carbocycles. The van der Waals surface area contributed by atoms with E-state index in [1.807, 2.05) is 0 Å². The molecule has 0 fully saturated rings. The third-order valence-electron chi connectivity index (χ3n) is 2.53. The number of aryl methyl sites for hydroxylation is 1. The lowest BCUT2D eigenvalue weighted by Crippen LogP contribution is -2.14. The smallest absolute Gasteiger partial charge is 0.263 e. The minimum absolute atomic E-state index is 0.106. The summed E-state index contributed by atoms with van der Waals surface area (Å²) in [6.07, 6.45) is 1.31. The number of halogens is 2. The number of benzene rings is 1. The number of rotatable bonds is 3. The van der Waals surface area contributed by atoms with Gasteiger partial charge in [-0.3, -0.25) is 4.72 Å². The minimum atomic E-state index is -3.89. The van der Waals surface area contributed by atoms with Crippen molar-refractivity contribution in [1.82, 2.24) is 4.98 Å². The molecule has 1 aromatic heterocycles. The molecule has 0 aliphatic carbocycles. The Morgan fingerprint density at radius 2 is 2.05 bits per heavy atom. The third-order valence-corrected chi connectivity index (χ3v) is 4.09. The first-order valence-electron chi connectivity index (χ1n) is 5.49. The van der Waals surface area contributed by atoms with Crippen LogP contribution in [-0.4, -0.2) is 13.4 Å². The second-order valence-corrected chi connectivity index (χ2v) is 6.23. The molecule has 2 rings (SSSR count). The van der Waals surface area contributed by atoms with Gasteiger partial charge in [0.05, 0.1) is 15.6 Å². The quantitative estimate of drug-likeness (QED) is 0.852. The van der Waals surface area contributed by atoms with Gasteiger partial charge in [-0.2, -0.15) is 0 Å². The van der Waals surface area contributed by atoms with Crippen LogP contribution in [0.5, 0.6) is 0 Å². The lowest BCUT2D eigenvalue weighted by molar-refractivity contribution is 0.599. The highest BCUT2D eigenvalue weighted by atomic mass is 35.5. The number of nitrogens with zero attached hydrogens (tertiary/aromatic N) is 1. The SMILES string of the molecule is Cc1cc(S(=O)(=O)Nc2ccc(Cl)cn2)cc(N)c1F. The summed E-state index contributed by atoms with van der Waals surface area (Å²) in [5.74, 6) is -0.525. The standard InChI is InChI=1S/C12H11ClFN3O2S/c1-7-4-9(5-10(15)12(7)14)20(18,19)17-11-3-2-8(13)6-16-11/h2-6H,15H2,1H3,(H,16,17). The van der Waals surface area contributed by atoms with Gasteiger partial charge in [-0.25, -0.2) is 17.8 Å². The molecular weight excluding hydrogens is 305 g/mol. The fourth-order valence-electron chi connectivity index (χ4n) is 1.55. The van der Waals surface area contributed by atoms with Crippen LogP contribution in [0.1, 0.15) is 5.56 Å². The number of nitrogens with one attached hydrogen (secondary N) is 1. The number of nitrogen functional groups attached to an aromatic ring is 1. The third kappa shape index (κ3) is 3.00. The number of hydrogen-bond donors (Lipinski definition) is 2. The highest BCUT2D eigenvalue weighted by Crippen LogP contribution is 2.22. The number of anilines is 2. The molecule has 0 atom stereocenters. The number of aromatic nitrogens is 1. The Bertz CT molecular complexity index is 725. The van der Waals surface area contributed by atoms with Crippen molar-refractivity contribution in [2.24, 2.45) is 0 Å². The van der Waals surface area contributed by atoms with Crippen molar-refractivity contribution >= 4 is 33.1 Å². The van der Waals surface area contributed by atoms with E-state index in [1.54, 1.807) is 0 Å². The van der Waals surface area contributed by atoms with E-state index < -0.39 is 15.8 Å². The molecule has 0 aliphatic heterocycles. The van der Waals surface area contributed by atoms with Crippen molar-refractivity contribution in [2.45, 2.75) is 11.8 Å². The van der Waals surface area contributed by atoms with E-state index in [0.29, 0.717) is 5.02 Å². The topological polar surface area (TPSA) is 85.1 Å². The van der Waals surface area contributed by atoms with Crippen LogP contribution in [0.4, 0.5) is 15.9 Å². The molecule has 8 heteroatoms. The average Bonchev–Trinajstić information content (AvgIpc) is 2.38. The summed E-state index contributed by atoms with van der Waals surface area (Å²) in [4.78, 5) is 3.69. The lowest BCUT2D eigenvalue weighted by atomic mass is 10.2. The van der Waals surface area contributed by atoms with Crippen LogP contribution >= 0.6 is 11.6 Å². The van der Waals surface area contributed by atoms with E-state index in [2.05, 4.69) is 9.71 Å². The first-order valence-corrected chi connectivity index (χ1v) is 7.36. The van der Waals surface area contributed by atoms with Gasteiger partial charge in [-0.15, -0.1) is 0 Å². The molecule has 106 valence electrons. The summed E-state index contributed by atoms with van der Waals surface area (Å²) >= 11 is 5.66. The predicted molar refractivity (Wildman–Crippen MR) is 75.6 cm³/mol. The number of hydrogen-bond acceptors (Lipinski definition) is 4. The second kappa shape index (κ2) is 5.26. The van der Waals surface area contributed by atoms with Crippen LogP contribution in [0.15, 0.2) is 35.4 Å². The Labute approximate surface area is 120 Å². The number of pyridine rings is 1. The maximum atomic E-state index is 13.4. The normalized spacial score (nSPS) is 11.3. The Hall–Kier alpha value is -1.86. The van der Waals surface area contributed by atoms with Crippen molar-refractivity contribution in [3.8, 4) is 0 Å². The fourth-order valence-corrected chi connectivity index (χ4v) is 2.79. The molecule has 20 heavy (non-hydrogen) atoms. The van der Waals surface area contributed by atoms with Gasteiger partial charge in [0.15, 0.2) is 0 Å². The molecule has 0 spiro atoms. The second-order valence-electron chi connectivity index (χ2n) is 4.11. The van der Waals surface area contributed by atoms with E-state index in [1.165, 1.54) is 31.3 Å². The van der Waals surface area contributed by atoms with Gasteiger partial charge in [0.25, 0.3) is 10.0 Å². The Morgan fingerprint density at radius 3 is 2.60 bits per heavy atom. The van der Waals surface area contributed by atoms with Gasteiger partial charge < -0.3 is 5.73 Å². The first-order chi connectivity index (χ1) is 9.29. The highest BCUT2D eigenvalue weighted by molar-refractivity contribution is 7.92. The summed E-state index contributed by atoms with van der Waals surface area (Å²) in [6.45, 7) is 1.44. The van der Waals surface area contributed by atoms with Gasteiger partial charge >= 0.3 is 0 Å². The van der Waals surface area contributed by atoms with E-state index in [0.717, 1.165) is 6.07 Å². The van der Waals surface area contributed by atoms with Crippen LogP contribution in [0, 0.1) is 12.7 Å². The fraction of sp³-hybridized carbons (Fsp3) is 0.0833. The van der Waals surface area contributed by atoms with Crippen molar-refractivity contribution in [1.29, 1.82) is 0 Å². The van der Waals surface area contributed by atoms with E-state index in [4.69, 9.17) is 17.3 Å². The molecule has 1 heterocycles.